The summed E-state index contributed by atoms with van der Waals surface area (Å²) in [6.07, 6.45) is 6.74. The minimum atomic E-state index is 0.279. The van der Waals surface area contributed by atoms with E-state index in [0.717, 1.165) is 55.0 Å². The molecule has 1 aliphatic heterocycles. The topological polar surface area (TPSA) is 37.6 Å². The van der Waals surface area contributed by atoms with E-state index < -0.39 is 0 Å². The molecule has 1 fully saturated rings. The molecule has 5 rings (SSSR count). The van der Waals surface area contributed by atoms with Gasteiger partial charge in [0.15, 0.2) is 4.96 Å². The summed E-state index contributed by atoms with van der Waals surface area (Å²) in [6.45, 7) is 1.78. The first-order valence-corrected chi connectivity index (χ1v) is 12.0. The molecule has 0 N–H and O–H groups in total. The predicted octanol–water partition coefficient (Wildman–Crippen LogP) is 5.48. The maximum atomic E-state index is 12.8. The van der Waals surface area contributed by atoms with E-state index in [-0.39, 0.29) is 5.91 Å². The van der Waals surface area contributed by atoms with E-state index >= 15 is 0 Å². The third-order valence-corrected chi connectivity index (χ3v) is 7.17. The van der Waals surface area contributed by atoms with Crippen molar-refractivity contribution in [2.45, 2.75) is 32.1 Å². The normalized spacial score (nSPS) is 14.9. The van der Waals surface area contributed by atoms with Gasteiger partial charge in [0.1, 0.15) is 0 Å². The van der Waals surface area contributed by atoms with Crippen LogP contribution in [0, 0.1) is 5.92 Å². The number of likely N-dealkylation sites (tertiary alicyclic amines) is 1. The number of carbonyl (C=O) groups excluding carboxylic acids is 1. The van der Waals surface area contributed by atoms with Crippen LogP contribution in [0.25, 0.3) is 16.2 Å². The molecule has 31 heavy (non-hydrogen) atoms. The van der Waals surface area contributed by atoms with Gasteiger partial charge in [-0.3, -0.25) is 9.20 Å². The van der Waals surface area contributed by atoms with Crippen LogP contribution in [0.1, 0.15) is 30.5 Å². The molecule has 0 radical (unpaired) electrons. The summed E-state index contributed by atoms with van der Waals surface area (Å²) in [6, 6.07) is 20.9. The minimum Gasteiger partial charge on any atom is -0.343 e. The van der Waals surface area contributed by atoms with Crippen LogP contribution >= 0.6 is 11.3 Å². The van der Waals surface area contributed by atoms with E-state index in [1.807, 2.05) is 18.2 Å². The molecule has 0 unspecified atom stereocenters. The lowest BCUT2D eigenvalue weighted by molar-refractivity contribution is -0.132. The maximum absolute atomic E-state index is 12.8. The van der Waals surface area contributed by atoms with Gasteiger partial charge in [0, 0.05) is 42.3 Å². The Morgan fingerprint density at radius 2 is 1.71 bits per heavy atom. The number of thiazole rings is 1. The number of benzene rings is 2. The van der Waals surface area contributed by atoms with E-state index in [1.54, 1.807) is 11.3 Å². The molecular formula is C26H27N3OS. The Labute approximate surface area is 187 Å². The van der Waals surface area contributed by atoms with Gasteiger partial charge in [-0.2, -0.15) is 0 Å². The van der Waals surface area contributed by atoms with E-state index in [4.69, 9.17) is 4.98 Å². The fourth-order valence-corrected chi connectivity index (χ4v) is 5.39. The molecule has 4 nitrogen and oxygen atoms in total. The number of aromatic nitrogens is 2. The first-order chi connectivity index (χ1) is 15.3. The zero-order chi connectivity index (χ0) is 21.0. The van der Waals surface area contributed by atoms with Gasteiger partial charge in [-0.15, -0.1) is 11.3 Å². The summed E-state index contributed by atoms with van der Waals surface area (Å²) in [5.74, 6) is 0.964. The maximum Gasteiger partial charge on any atom is 0.222 e. The fourth-order valence-electron chi connectivity index (χ4n) is 4.48. The number of hydrogen-bond acceptors (Lipinski definition) is 3. The molecule has 0 aliphatic carbocycles. The van der Waals surface area contributed by atoms with Gasteiger partial charge in [-0.25, -0.2) is 4.98 Å². The van der Waals surface area contributed by atoms with Gasteiger partial charge in [0.25, 0.3) is 0 Å². The molecule has 1 amide bonds. The Morgan fingerprint density at radius 1 is 1.00 bits per heavy atom. The lowest BCUT2D eigenvalue weighted by atomic mass is 9.90. The second-order valence-electron chi connectivity index (χ2n) is 8.39. The highest BCUT2D eigenvalue weighted by molar-refractivity contribution is 7.15. The number of hydrogen-bond donors (Lipinski definition) is 0. The van der Waals surface area contributed by atoms with Crippen molar-refractivity contribution in [3.8, 4) is 11.3 Å². The third-order valence-electron chi connectivity index (χ3n) is 6.28. The van der Waals surface area contributed by atoms with Crippen LogP contribution in [0.5, 0.6) is 0 Å². The smallest absolute Gasteiger partial charge is 0.222 e. The van der Waals surface area contributed by atoms with Crippen molar-refractivity contribution in [1.29, 1.82) is 0 Å². The highest BCUT2D eigenvalue weighted by atomic mass is 32.1. The van der Waals surface area contributed by atoms with Crippen LogP contribution < -0.4 is 0 Å². The summed E-state index contributed by atoms with van der Waals surface area (Å²) in [5, 5.41) is 2.14. The van der Waals surface area contributed by atoms with Gasteiger partial charge in [0.05, 0.1) is 5.69 Å². The van der Waals surface area contributed by atoms with Gasteiger partial charge in [0.2, 0.25) is 5.91 Å². The van der Waals surface area contributed by atoms with Crippen molar-refractivity contribution in [3.63, 3.8) is 0 Å². The molecule has 0 atom stereocenters. The molecule has 0 saturated carbocycles. The number of imidazole rings is 1. The highest BCUT2D eigenvalue weighted by Gasteiger charge is 2.23. The van der Waals surface area contributed by atoms with Crippen molar-refractivity contribution in [3.05, 3.63) is 83.5 Å². The average Bonchev–Trinajstić information content (AvgIpc) is 3.41. The Bertz CT molecular complexity index is 1140. The first kappa shape index (κ1) is 20.0. The van der Waals surface area contributed by atoms with Crippen molar-refractivity contribution >= 4 is 22.2 Å². The number of rotatable bonds is 6. The average molecular weight is 430 g/mol. The van der Waals surface area contributed by atoms with Crippen LogP contribution in [0.2, 0.25) is 0 Å². The molecule has 5 heteroatoms. The summed E-state index contributed by atoms with van der Waals surface area (Å²) in [7, 11) is 0. The predicted molar refractivity (Wildman–Crippen MR) is 126 cm³/mol. The molecule has 0 bridgehead atoms. The molecular weight excluding hydrogens is 402 g/mol. The lowest BCUT2D eigenvalue weighted by Crippen LogP contribution is -2.39. The van der Waals surface area contributed by atoms with Crippen LogP contribution in [-0.2, 0) is 17.6 Å². The first-order valence-electron chi connectivity index (χ1n) is 11.1. The fraction of sp³-hybridized carbons (Fsp3) is 0.308. The monoisotopic (exact) mass is 429 g/mol. The Morgan fingerprint density at radius 3 is 2.45 bits per heavy atom. The standard InChI is InChI=1S/C26H27N3OS/c30-25(28-15-13-21(14-16-28)17-20-7-3-1-4-8-20)12-11-23-19-31-26-27-24(18-29(23)26)22-9-5-2-6-10-22/h1-10,18-19,21H,11-17H2. The van der Waals surface area contributed by atoms with Gasteiger partial charge in [-0.05, 0) is 37.2 Å². The molecule has 4 aromatic rings. The van der Waals surface area contributed by atoms with Crippen molar-refractivity contribution in [2.24, 2.45) is 5.92 Å². The number of nitrogens with zero attached hydrogens (tertiary/aromatic N) is 3. The number of amides is 1. The van der Waals surface area contributed by atoms with E-state index in [2.05, 4.69) is 63.3 Å². The molecule has 0 spiro atoms. The van der Waals surface area contributed by atoms with E-state index in [1.165, 1.54) is 11.3 Å². The van der Waals surface area contributed by atoms with Crippen LogP contribution in [-0.4, -0.2) is 33.3 Å². The number of carbonyl (C=O) groups is 1. The Balaban J connectivity index is 1.16. The molecule has 1 saturated heterocycles. The van der Waals surface area contributed by atoms with Crippen molar-refractivity contribution in [2.75, 3.05) is 13.1 Å². The number of piperidine rings is 1. The molecule has 1 aliphatic rings. The molecule has 158 valence electrons. The quantitative estimate of drug-likeness (QED) is 0.407. The molecule has 2 aromatic heterocycles. The summed E-state index contributed by atoms with van der Waals surface area (Å²) in [4.78, 5) is 20.6. The Kier molecular flexibility index (Phi) is 5.85. The largest absolute Gasteiger partial charge is 0.343 e. The zero-order valence-electron chi connectivity index (χ0n) is 17.6. The zero-order valence-corrected chi connectivity index (χ0v) is 18.4. The molecule has 3 heterocycles. The lowest BCUT2D eigenvalue weighted by Gasteiger charge is -2.32. The van der Waals surface area contributed by atoms with Crippen LogP contribution in [0.15, 0.2) is 72.2 Å². The number of aryl methyl sites for hydroxylation is 1. The second kappa shape index (κ2) is 9.06. The van der Waals surface area contributed by atoms with Crippen LogP contribution in [0.4, 0.5) is 0 Å². The second-order valence-corrected chi connectivity index (χ2v) is 9.22. The van der Waals surface area contributed by atoms with Gasteiger partial charge >= 0.3 is 0 Å². The van der Waals surface area contributed by atoms with Gasteiger partial charge in [-0.1, -0.05) is 60.7 Å². The summed E-state index contributed by atoms with van der Waals surface area (Å²) >= 11 is 1.64. The van der Waals surface area contributed by atoms with Crippen LogP contribution in [0.3, 0.4) is 0 Å². The third kappa shape index (κ3) is 4.57. The highest BCUT2D eigenvalue weighted by Crippen LogP contribution is 2.25. The van der Waals surface area contributed by atoms with E-state index in [0.29, 0.717) is 12.3 Å². The number of fused-ring (bicyclic) bond motifs is 1. The van der Waals surface area contributed by atoms with Gasteiger partial charge < -0.3 is 4.90 Å². The van der Waals surface area contributed by atoms with E-state index in [9.17, 15) is 4.79 Å². The summed E-state index contributed by atoms with van der Waals surface area (Å²) < 4.78 is 2.15. The summed E-state index contributed by atoms with van der Waals surface area (Å²) in [5.41, 5.74) is 4.69. The Hall–Kier alpha value is -2.92. The van der Waals surface area contributed by atoms with Crippen molar-refractivity contribution < 1.29 is 4.79 Å². The molecule has 2 aromatic carbocycles. The SMILES string of the molecule is O=C(CCc1csc2nc(-c3ccccc3)cn12)N1CCC(Cc2ccccc2)CC1. The minimum absolute atomic E-state index is 0.279. The van der Waals surface area contributed by atoms with Crippen molar-refractivity contribution in [1.82, 2.24) is 14.3 Å².